The molecule has 1 aliphatic rings. The number of nitrogens with zero attached hydrogens (tertiary/aromatic N) is 2. The predicted octanol–water partition coefficient (Wildman–Crippen LogP) is 0.120. The van der Waals surface area contributed by atoms with Crippen LogP contribution in [0.1, 0.15) is 17.2 Å². The maximum atomic E-state index is 10.5. The summed E-state index contributed by atoms with van der Waals surface area (Å²) < 4.78 is 7.11. The summed E-state index contributed by atoms with van der Waals surface area (Å²) in [5, 5.41) is 8.67. The van der Waals surface area contributed by atoms with E-state index < -0.39 is 5.97 Å². The number of hydrogen-bond acceptors (Lipinski definition) is 3. The average Bonchev–Trinajstić information content (AvgIpc) is 2.44. The van der Waals surface area contributed by atoms with Crippen LogP contribution in [0.2, 0.25) is 0 Å². The quantitative estimate of drug-likeness (QED) is 0.729. The van der Waals surface area contributed by atoms with Gasteiger partial charge in [0.25, 0.3) is 0 Å². The summed E-state index contributed by atoms with van der Waals surface area (Å²) in [5.74, 6) is -0.246. The largest absolute Gasteiger partial charge is 0.481 e. The molecule has 76 valence electrons. The fraction of sp³-hybridized carbons (Fsp3) is 0.556. The van der Waals surface area contributed by atoms with Crippen molar-refractivity contribution in [2.45, 2.75) is 19.4 Å². The fourth-order valence-corrected chi connectivity index (χ4v) is 1.70. The SMILES string of the molecule is Cn1c(CC(=O)O)nc2c1CCOC2. The number of carboxylic acids is 1. The second-order valence-corrected chi connectivity index (χ2v) is 3.35. The molecule has 0 radical (unpaired) electrons. The number of fused-ring (bicyclic) bond motifs is 1. The molecule has 1 N–H and O–H groups in total. The van der Waals surface area contributed by atoms with Crippen LogP contribution >= 0.6 is 0 Å². The van der Waals surface area contributed by atoms with Crippen LogP contribution in [0.25, 0.3) is 0 Å². The Morgan fingerprint density at radius 2 is 2.50 bits per heavy atom. The van der Waals surface area contributed by atoms with Crippen molar-refractivity contribution < 1.29 is 14.6 Å². The first-order chi connectivity index (χ1) is 6.68. The zero-order valence-electron chi connectivity index (χ0n) is 7.99. The Hall–Kier alpha value is -1.36. The first-order valence-corrected chi connectivity index (χ1v) is 4.51. The van der Waals surface area contributed by atoms with E-state index in [9.17, 15) is 4.79 Å². The van der Waals surface area contributed by atoms with Gasteiger partial charge in [0.05, 0.1) is 18.9 Å². The van der Waals surface area contributed by atoms with E-state index in [4.69, 9.17) is 9.84 Å². The van der Waals surface area contributed by atoms with Gasteiger partial charge >= 0.3 is 5.97 Å². The molecule has 0 saturated carbocycles. The molecule has 1 aromatic heterocycles. The van der Waals surface area contributed by atoms with Gasteiger partial charge in [0.15, 0.2) is 0 Å². The van der Waals surface area contributed by atoms with Gasteiger partial charge in [-0.25, -0.2) is 4.98 Å². The van der Waals surface area contributed by atoms with Gasteiger partial charge < -0.3 is 14.4 Å². The second-order valence-electron chi connectivity index (χ2n) is 3.35. The Morgan fingerprint density at radius 3 is 3.14 bits per heavy atom. The monoisotopic (exact) mass is 196 g/mol. The van der Waals surface area contributed by atoms with Gasteiger partial charge in [0.1, 0.15) is 12.2 Å². The molecule has 0 fully saturated rings. The fourth-order valence-electron chi connectivity index (χ4n) is 1.70. The van der Waals surface area contributed by atoms with Crippen LogP contribution in [0.15, 0.2) is 0 Å². The minimum Gasteiger partial charge on any atom is -0.481 e. The molecule has 1 aliphatic heterocycles. The number of rotatable bonds is 2. The molecular formula is C9H12N2O3. The Kier molecular flexibility index (Phi) is 2.25. The van der Waals surface area contributed by atoms with E-state index in [1.54, 1.807) is 0 Å². The highest BCUT2D eigenvalue weighted by molar-refractivity contribution is 5.69. The number of carbonyl (C=O) groups is 1. The van der Waals surface area contributed by atoms with E-state index in [-0.39, 0.29) is 6.42 Å². The third-order valence-corrected chi connectivity index (χ3v) is 2.42. The minimum absolute atomic E-state index is 0.0243. The maximum absolute atomic E-state index is 10.5. The molecule has 0 amide bonds. The highest BCUT2D eigenvalue weighted by atomic mass is 16.5. The van der Waals surface area contributed by atoms with Crippen LogP contribution in [-0.2, 0) is 36.0 Å². The van der Waals surface area contributed by atoms with Crippen LogP contribution in [0.3, 0.4) is 0 Å². The number of ether oxygens (including phenoxy) is 1. The molecular weight excluding hydrogens is 184 g/mol. The van der Waals surface area contributed by atoms with Crippen molar-refractivity contribution in [3.63, 3.8) is 0 Å². The molecule has 2 rings (SSSR count). The van der Waals surface area contributed by atoms with Crippen LogP contribution in [0.5, 0.6) is 0 Å². The third-order valence-electron chi connectivity index (χ3n) is 2.42. The first kappa shape index (κ1) is 9.21. The standard InChI is InChI=1S/C9H12N2O3/c1-11-7-2-3-14-5-6(7)10-8(11)4-9(12)13/h2-5H2,1H3,(H,12,13). The third kappa shape index (κ3) is 1.50. The number of imidazole rings is 1. The van der Waals surface area contributed by atoms with Crippen LogP contribution in [0.4, 0.5) is 0 Å². The van der Waals surface area contributed by atoms with E-state index >= 15 is 0 Å². The summed E-state index contributed by atoms with van der Waals surface area (Å²) in [4.78, 5) is 14.8. The number of hydrogen-bond donors (Lipinski definition) is 1. The van der Waals surface area contributed by atoms with E-state index in [0.717, 1.165) is 17.8 Å². The van der Waals surface area contributed by atoms with Crippen molar-refractivity contribution >= 4 is 5.97 Å². The molecule has 1 aromatic rings. The highest BCUT2D eigenvalue weighted by Crippen LogP contribution is 2.17. The van der Waals surface area contributed by atoms with Crippen molar-refractivity contribution in [2.24, 2.45) is 7.05 Å². The van der Waals surface area contributed by atoms with Gasteiger partial charge in [-0.1, -0.05) is 0 Å². The number of aliphatic carboxylic acids is 1. The number of carboxylic acid groups (broad SMARTS) is 1. The molecule has 0 aromatic carbocycles. The number of aromatic nitrogens is 2. The van der Waals surface area contributed by atoms with E-state index in [2.05, 4.69) is 4.98 Å². The molecule has 14 heavy (non-hydrogen) atoms. The van der Waals surface area contributed by atoms with E-state index in [0.29, 0.717) is 19.0 Å². The Labute approximate surface area is 81.3 Å². The first-order valence-electron chi connectivity index (χ1n) is 4.51. The molecule has 5 heteroatoms. The van der Waals surface area contributed by atoms with Gasteiger partial charge in [-0.15, -0.1) is 0 Å². The lowest BCUT2D eigenvalue weighted by molar-refractivity contribution is -0.136. The molecule has 0 bridgehead atoms. The normalized spacial score (nSPS) is 15.2. The summed E-state index contributed by atoms with van der Waals surface area (Å²) in [6.07, 6.45) is 0.794. The summed E-state index contributed by atoms with van der Waals surface area (Å²) >= 11 is 0. The molecule has 0 aliphatic carbocycles. The predicted molar refractivity (Wildman–Crippen MR) is 47.9 cm³/mol. The zero-order chi connectivity index (χ0) is 10.1. The maximum Gasteiger partial charge on any atom is 0.311 e. The minimum atomic E-state index is -0.851. The second kappa shape index (κ2) is 3.42. The molecule has 0 spiro atoms. The van der Waals surface area contributed by atoms with Crippen molar-refractivity contribution in [2.75, 3.05) is 6.61 Å². The van der Waals surface area contributed by atoms with Gasteiger partial charge in [0.2, 0.25) is 0 Å². The summed E-state index contributed by atoms with van der Waals surface area (Å²) in [6, 6.07) is 0. The van der Waals surface area contributed by atoms with Crippen molar-refractivity contribution in [3.8, 4) is 0 Å². The Balaban J connectivity index is 2.33. The lowest BCUT2D eigenvalue weighted by atomic mass is 10.2. The Bertz CT molecular complexity index is 370. The molecule has 0 atom stereocenters. The summed E-state index contributed by atoms with van der Waals surface area (Å²) in [7, 11) is 1.86. The molecule has 5 nitrogen and oxygen atoms in total. The lowest BCUT2D eigenvalue weighted by Gasteiger charge is -2.12. The highest BCUT2D eigenvalue weighted by Gasteiger charge is 2.19. The van der Waals surface area contributed by atoms with Gasteiger partial charge in [-0.2, -0.15) is 0 Å². The topological polar surface area (TPSA) is 64.4 Å². The van der Waals surface area contributed by atoms with Gasteiger partial charge in [-0.3, -0.25) is 4.79 Å². The average molecular weight is 196 g/mol. The van der Waals surface area contributed by atoms with E-state index in [1.807, 2.05) is 11.6 Å². The molecule has 2 heterocycles. The van der Waals surface area contributed by atoms with Crippen molar-refractivity contribution in [1.82, 2.24) is 9.55 Å². The zero-order valence-corrected chi connectivity index (χ0v) is 7.99. The van der Waals surface area contributed by atoms with E-state index in [1.165, 1.54) is 0 Å². The van der Waals surface area contributed by atoms with Crippen molar-refractivity contribution in [3.05, 3.63) is 17.2 Å². The van der Waals surface area contributed by atoms with Crippen LogP contribution in [-0.4, -0.2) is 27.2 Å². The Morgan fingerprint density at radius 1 is 1.71 bits per heavy atom. The van der Waals surface area contributed by atoms with Crippen molar-refractivity contribution in [1.29, 1.82) is 0 Å². The molecule has 0 unspecified atom stereocenters. The summed E-state index contributed by atoms with van der Waals surface area (Å²) in [6.45, 7) is 1.20. The van der Waals surface area contributed by atoms with Gasteiger partial charge in [-0.05, 0) is 0 Å². The van der Waals surface area contributed by atoms with Gasteiger partial charge in [0, 0.05) is 19.2 Å². The smallest absolute Gasteiger partial charge is 0.311 e. The lowest BCUT2D eigenvalue weighted by Crippen LogP contribution is -2.12. The molecule has 0 saturated heterocycles. The van der Waals surface area contributed by atoms with Crippen LogP contribution in [0, 0.1) is 0 Å². The van der Waals surface area contributed by atoms with Crippen LogP contribution < -0.4 is 0 Å². The summed E-state index contributed by atoms with van der Waals surface area (Å²) in [5.41, 5.74) is 1.99.